The van der Waals surface area contributed by atoms with E-state index >= 15 is 0 Å². The molecule has 26 heavy (non-hydrogen) atoms. The molecule has 2 N–H and O–H groups in total. The first-order valence-electron chi connectivity index (χ1n) is 8.04. The molecule has 0 amide bonds. The molecule has 0 aliphatic heterocycles. The van der Waals surface area contributed by atoms with Crippen LogP contribution in [0.25, 0.3) is 27.5 Å². The average molecular weight is 326 g/mol. The second kappa shape index (κ2) is 6.15. The fourth-order valence-electron chi connectivity index (χ4n) is 3.50. The minimum atomic E-state index is -1.87. The zero-order valence-corrected chi connectivity index (χ0v) is 13.8. The number of fused-ring (bicyclic) bond motifs is 3. The van der Waals surface area contributed by atoms with Gasteiger partial charge in [0.05, 0.1) is 11.0 Å². The van der Waals surface area contributed by atoms with Gasteiger partial charge in [0.2, 0.25) is 0 Å². The van der Waals surface area contributed by atoms with Crippen LogP contribution in [0.4, 0.5) is 0 Å². The van der Waals surface area contributed by atoms with Gasteiger partial charge >= 0.3 is 7.12 Å². The lowest BCUT2D eigenvalue weighted by Gasteiger charge is -2.24. The molecule has 3 nitrogen and oxygen atoms in total. The summed E-state index contributed by atoms with van der Waals surface area (Å²) in [4.78, 5) is 0. The molecule has 0 aliphatic carbocycles. The van der Waals surface area contributed by atoms with Gasteiger partial charge in [-0.05, 0) is 17.6 Å². The van der Waals surface area contributed by atoms with Crippen LogP contribution >= 0.6 is 0 Å². The maximum absolute atomic E-state index is 9.98. The highest BCUT2D eigenvalue weighted by molar-refractivity contribution is 6.74. The normalized spacial score (nSPS) is 11.3. The van der Waals surface area contributed by atoms with Crippen molar-refractivity contribution < 1.29 is 10.0 Å². The second-order valence-electron chi connectivity index (χ2n) is 6.16. The van der Waals surface area contributed by atoms with Crippen molar-refractivity contribution in [2.75, 3.05) is 0 Å². The van der Waals surface area contributed by atoms with Crippen LogP contribution < -0.4 is 27.3 Å². The van der Waals surface area contributed by atoms with Crippen LogP contribution in [0.2, 0.25) is 0 Å². The van der Waals surface area contributed by atoms with Gasteiger partial charge in [-0.25, -0.2) is 0 Å². The molecule has 4 aromatic rings. The van der Waals surface area contributed by atoms with Gasteiger partial charge in [0.15, 0.2) is 0 Å². The van der Waals surface area contributed by atoms with Crippen molar-refractivity contribution in [2.24, 2.45) is 0 Å². The number of nitrogens with zero attached hydrogens (tertiary/aromatic N) is 1. The van der Waals surface area contributed by atoms with Crippen molar-refractivity contribution in [3.05, 3.63) is 48.5 Å². The highest BCUT2D eigenvalue weighted by Crippen LogP contribution is 2.30. The molecule has 0 bridgehead atoms. The average Bonchev–Trinajstić information content (AvgIpc) is 2.97. The highest BCUT2D eigenvalue weighted by atomic mass is 16.4. The first-order valence-corrected chi connectivity index (χ1v) is 8.04. The lowest BCUT2D eigenvalue weighted by atomic mass is 9.58. The van der Waals surface area contributed by atoms with Gasteiger partial charge in [0.1, 0.15) is 31.4 Å². The molecule has 0 atom stereocenters. The molecule has 0 aliphatic rings. The number of aromatic nitrogens is 1. The minimum absolute atomic E-state index is 0.00330. The topological polar surface area (TPSA) is 45.4 Å². The van der Waals surface area contributed by atoms with Crippen molar-refractivity contribution in [1.29, 1.82) is 0 Å². The highest BCUT2D eigenvalue weighted by Gasteiger charge is 2.25. The van der Waals surface area contributed by atoms with Gasteiger partial charge in [-0.3, -0.25) is 0 Å². The Morgan fingerprint density at radius 3 is 1.62 bits per heavy atom. The van der Waals surface area contributed by atoms with Gasteiger partial charge in [0.25, 0.3) is 0 Å². The molecule has 114 valence electrons. The Morgan fingerprint density at radius 1 is 0.654 bits per heavy atom. The Hall–Kier alpha value is -2.30. The van der Waals surface area contributed by atoms with Crippen molar-refractivity contribution >= 4 is 87.6 Å². The summed E-state index contributed by atoms with van der Waals surface area (Å²) in [5.74, 6) is 0. The van der Waals surface area contributed by atoms with E-state index in [1.54, 1.807) is 0 Å². The van der Waals surface area contributed by atoms with Crippen LogP contribution in [0.5, 0.6) is 0 Å². The Kier molecular flexibility index (Phi) is 4.05. The molecule has 1 aromatic heterocycles. The Balaban J connectivity index is 2.28. The van der Waals surface area contributed by atoms with E-state index in [4.69, 9.17) is 31.4 Å². The van der Waals surface area contributed by atoms with E-state index < -0.39 is 7.12 Å². The fraction of sp³-hybridized carbons (Fsp3) is 0. The maximum atomic E-state index is 9.98. The van der Waals surface area contributed by atoms with Gasteiger partial charge < -0.3 is 14.6 Å². The number of rotatable bonds is 2. The zero-order valence-electron chi connectivity index (χ0n) is 13.8. The van der Waals surface area contributed by atoms with E-state index in [1.807, 2.05) is 53.1 Å². The van der Waals surface area contributed by atoms with Gasteiger partial charge in [-0.15, -0.1) is 16.4 Å². The smallest absolute Gasteiger partial charge is 0.423 e. The molecule has 3 aromatic carbocycles. The third kappa shape index (κ3) is 2.29. The predicted molar refractivity (Wildman–Crippen MR) is 112 cm³/mol. The quantitative estimate of drug-likeness (QED) is 0.405. The van der Waals surface area contributed by atoms with E-state index in [2.05, 4.69) is 0 Å². The summed E-state index contributed by atoms with van der Waals surface area (Å²) < 4.78 is 1.83. The summed E-state index contributed by atoms with van der Waals surface area (Å²) in [6, 6.07) is 15.5. The molecule has 4 rings (SSSR count). The van der Waals surface area contributed by atoms with E-state index in [9.17, 15) is 10.0 Å². The fourth-order valence-corrected chi connectivity index (χ4v) is 3.50. The third-order valence-corrected chi connectivity index (χ3v) is 4.73. The van der Waals surface area contributed by atoms with Crippen LogP contribution in [-0.4, -0.2) is 53.1 Å². The van der Waals surface area contributed by atoms with Crippen LogP contribution in [0, 0.1) is 0 Å². The van der Waals surface area contributed by atoms with Crippen LogP contribution in [-0.2, 0) is 0 Å². The lowest BCUT2D eigenvalue weighted by Crippen LogP contribution is -2.60. The molecular weight excluding hydrogens is 316 g/mol. The number of hydrogen-bond donors (Lipinski definition) is 2. The zero-order chi connectivity index (χ0) is 18.6. The molecule has 0 saturated carbocycles. The molecule has 0 spiro atoms. The van der Waals surface area contributed by atoms with Crippen LogP contribution in [0.15, 0.2) is 48.5 Å². The molecule has 8 heteroatoms. The van der Waals surface area contributed by atoms with E-state index in [-0.39, 0.29) is 27.3 Å². The summed E-state index contributed by atoms with van der Waals surface area (Å²) >= 11 is 0. The number of para-hydroxylation sites is 2. The number of benzene rings is 3. The molecule has 8 radical (unpaired) electrons. The molecule has 0 saturated heterocycles. The monoisotopic (exact) mass is 327 g/mol. The van der Waals surface area contributed by atoms with E-state index in [1.165, 1.54) is 0 Å². The van der Waals surface area contributed by atoms with Crippen molar-refractivity contribution in [3.63, 3.8) is 0 Å². The van der Waals surface area contributed by atoms with Crippen molar-refractivity contribution in [1.82, 2.24) is 4.57 Å². The van der Waals surface area contributed by atoms with Crippen LogP contribution in [0.3, 0.4) is 0 Å². The van der Waals surface area contributed by atoms with E-state index in [0.717, 1.165) is 21.8 Å². The van der Waals surface area contributed by atoms with Crippen LogP contribution in [0.1, 0.15) is 0 Å². The Morgan fingerprint density at radius 2 is 1.12 bits per heavy atom. The Labute approximate surface area is 156 Å². The Bertz CT molecular complexity index is 1120. The summed E-state index contributed by atoms with van der Waals surface area (Å²) in [5.41, 5.74) is 2.33. The van der Waals surface area contributed by atoms with Gasteiger partial charge in [-0.1, -0.05) is 41.9 Å². The van der Waals surface area contributed by atoms with Crippen molar-refractivity contribution in [2.45, 2.75) is 0 Å². The summed E-state index contributed by atoms with van der Waals surface area (Å²) in [7, 11) is 22.4. The summed E-state index contributed by atoms with van der Waals surface area (Å²) in [6.45, 7) is 0. The molecule has 0 fully saturated rings. The van der Waals surface area contributed by atoms with E-state index in [0.29, 0.717) is 5.69 Å². The largest absolute Gasteiger partial charge is 0.489 e. The standard InChI is InChI=1S/C18H10B5NO2/c19-13-14(20)16(22)18(17(15(13)21)23(25)26)24-11-7-3-1-5-9(11)10-6-2-4-8-12(10)24/h1-8,25-26H. The summed E-state index contributed by atoms with van der Waals surface area (Å²) in [6.07, 6.45) is 0. The first kappa shape index (κ1) is 17.1. The minimum Gasteiger partial charge on any atom is -0.423 e. The first-order chi connectivity index (χ1) is 12.4. The molecule has 0 unspecified atom stereocenters. The SMILES string of the molecule is [B]c1c([B])c([B])c(-n2c3ccccc3c3ccccc32)c(B(O)O)c1[B]. The maximum Gasteiger partial charge on any atom is 0.489 e. The second-order valence-corrected chi connectivity index (χ2v) is 6.16. The third-order valence-electron chi connectivity index (χ3n) is 4.73. The molecule has 1 heterocycles. The van der Waals surface area contributed by atoms with Gasteiger partial charge in [-0.2, -0.15) is 0 Å². The number of hydrogen-bond acceptors (Lipinski definition) is 2. The molecular formula is C18H10B5NO2. The summed E-state index contributed by atoms with van der Waals surface area (Å²) in [5, 5.41) is 21.9. The van der Waals surface area contributed by atoms with Gasteiger partial charge in [0, 0.05) is 16.5 Å². The lowest BCUT2D eigenvalue weighted by molar-refractivity contribution is 0.426. The van der Waals surface area contributed by atoms with Crippen molar-refractivity contribution in [3.8, 4) is 5.69 Å². The predicted octanol–water partition coefficient (Wildman–Crippen LogP) is -2.36.